The zero-order chi connectivity index (χ0) is 12.9. The molecule has 1 aromatic carbocycles. The summed E-state index contributed by atoms with van der Waals surface area (Å²) in [5.41, 5.74) is 0. The molecule has 1 N–H and O–H groups in total. The van der Waals surface area contributed by atoms with E-state index in [1.54, 1.807) is 24.3 Å². The maximum Gasteiger partial charge on any atom is 0.320 e. The van der Waals surface area contributed by atoms with Crippen molar-refractivity contribution < 1.29 is 18.6 Å². The fourth-order valence-electron chi connectivity index (χ4n) is 1.01. The van der Waals surface area contributed by atoms with E-state index in [9.17, 15) is 9.36 Å². The van der Waals surface area contributed by atoms with Crippen molar-refractivity contribution >= 4 is 29.4 Å². The number of nitrogens with one attached hydrogen (secondary N) is 1. The molecule has 1 rings (SSSR count). The molecule has 0 aliphatic carbocycles. The summed E-state index contributed by atoms with van der Waals surface area (Å²) in [6.07, 6.45) is 0. The largest absolute Gasteiger partial charge is 0.468 e. The predicted octanol–water partition coefficient (Wildman–Crippen LogP) is 2.41. The third-order valence-electron chi connectivity index (χ3n) is 1.83. The van der Waals surface area contributed by atoms with Crippen molar-refractivity contribution in [3.8, 4) is 5.75 Å². The minimum atomic E-state index is -3.06. The highest BCUT2D eigenvalue weighted by Crippen LogP contribution is 2.38. The molecule has 0 bridgehead atoms. The summed E-state index contributed by atoms with van der Waals surface area (Å²) in [5, 5.41) is 2.52. The van der Waals surface area contributed by atoms with Crippen LogP contribution in [0.25, 0.3) is 0 Å². The second-order valence-electron chi connectivity index (χ2n) is 3.30. The molecular formula is C10H13BrNO4P. The van der Waals surface area contributed by atoms with E-state index in [1.807, 2.05) is 0 Å². The first-order chi connectivity index (χ1) is 7.93. The van der Waals surface area contributed by atoms with E-state index < -0.39 is 13.5 Å². The van der Waals surface area contributed by atoms with Crippen LogP contribution in [-0.4, -0.2) is 26.3 Å². The number of methoxy groups -OCH3 is 1. The normalized spacial score (nSPS) is 13.8. The lowest BCUT2D eigenvalue weighted by Gasteiger charge is -2.15. The molecule has 5 nitrogen and oxygen atoms in total. The highest BCUT2D eigenvalue weighted by molar-refractivity contribution is 9.10. The summed E-state index contributed by atoms with van der Waals surface area (Å²) in [7, 11) is -1.80. The van der Waals surface area contributed by atoms with Gasteiger partial charge in [0.05, 0.1) is 7.11 Å². The van der Waals surface area contributed by atoms with Gasteiger partial charge in [-0.3, -0.25) is 9.36 Å². The van der Waals surface area contributed by atoms with E-state index in [0.717, 1.165) is 4.47 Å². The van der Waals surface area contributed by atoms with Gasteiger partial charge in [-0.15, -0.1) is 0 Å². The first-order valence-electron chi connectivity index (χ1n) is 4.77. The van der Waals surface area contributed by atoms with Gasteiger partial charge in [-0.2, -0.15) is 0 Å². The number of carbonyl (C=O) groups is 1. The van der Waals surface area contributed by atoms with Crippen LogP contribution in [0.1, 0.15) is 0 Å². The molecule has 0 saturated carbocycles. The van der Waals surface area contributed by atoms with Crippen molar-refractivity contribution in [3.05, 3.63) is 28.7 Å². The zero-order valence-electron chi connectivity index (χ0n) is 9.47. The summed E-state index contributed by atoms with van der Waals surface area (Å²) in [5.74, 6) is -0.0251. The summed E-state index contributed by atoms with van der Waals surface area (Å²) >= 11 is 3.28. The van der Waals surface area contributed by atoms with Gasteiger partial charge in [-0.05, 0) is 24.3 Å². The Bertz CT molecular complexity index is 434. The summed E-state index contributed by atoms with van der Waals surface area (Å²) in [4.78, 5) is 10.9. The van der Waals surface area contributed by atoms with Crippen LogP contribution in [0.5, 0.6) is 5.75 Å². The van der Waals surface area contributed by atoms with Gasteiger partial charge >= 0.3 is 13.5 Å². The topological polar surface area (TPSA) is 64.6 Å². The molecule has 1 aromatic rings. The zero-order valence-corrected chi connectivity index (χ0v) is 12.0. The van der Waals surface area contributed by atoms with E-state index in [2.05, 4.69) is 25.8 Å². The van der Waals surface area contributed by atoms with Crippen LogP contribution >= 0.6 is 23.4 Å². The smallest absolute Gasteiger partial charge is 0.320 e. The molecule has 0 radical (unpaired) electrons. The van der Waals surface area contributed by atoms with Crippen LogP contribution in [0.3, 0.4) is 0 Å². The standard InChI is InChI=1S/C10H13BrNO4P/c1-15-10(13)7-12-17(2,14)16-9-5-3-8(11)4-6-9/h3-6H,7H2,1-2H3,(H,12,14). The van der Waals surface area contributed by atoms with Gasteiger partial charge in [0.15, 0.2) is 0 Å². The van der Waals surface area contributed by atoms with E-state index in [4.69, 9.17) is 4.52 Å². The third-order valence-corrected chi connectivity index (χ3v) is 3.65. The fourth-order valence-corrected chi connectivity index (χ4v) is 2.28. The molecule has 17 heavy (non-hydrogen) atoms. The van der Waals surface area contributed by atoms with Gasteiger partial charge in [0, 0.05) is 11.1 Å². The number of rotatable bonds is 5. The lowest BCUT2D eigenvalue weighted by molar-refractivity contribution is -0.139. The van der Waals surface area contributed by atoms with Gasteiger partial charge in [-0.1, -0.05) is 15.9 Å². The van der Waals surface area contributed by atoms with Crippen LogP contribution in [0.2, 0.25) is 0 Å². The number of esters is 1. The van der Waals surface area contributed by atoms with Crippen molar-refractivity contribution in [1.29, 1.82) is 0 Å². The molecule has 1 atom stereocenters. The number of hydrogen-bond acceptors (Lipinski definition) is 4. The molecule has 0 fully saturated rings. The van der Waals surface area contributed by atoms with E-state index in [1.165, 1.54) is 13.8 Å². The van der Waals surface area contributed by atoms with E-state index in [0.29, 0.717) is 5.75 Å². The Balaban J connectivity index is 2.57. The van der Waals surface area contributed by atoms with Crippen molar-refractivity contribution in [3.63, 3.8) is 0 Å². The Morgan fingerprint density at radius 2 is 2.00 bits per heavy atom. The Hall–Kier alpha value is -0.840. The van der Waals surface area contributed by atoms with Crippen molar-refractivity contribution in [1.82, 2.24) is 5.09 Å². The Morgan fingerprint density at radius 3 is 2.53 bits per heavy atom. The van der Waals surface area contributed by atoms with Crippen LogP contribution in [0, 0.1) is 0 Å². The average Bonchev–Trinajstić information content (AvgIpc) is 2.29. The molecule has 0 aliphatic rings. The van der Waals surface area contributed by atoms with Crippen molar-refractivity contribution in [2.24, 2.45) is 0 Å². The number of carbonyl (C=O) groups excluding carboxylic acids is 1. The van der Waals surface area contributed by atoms with Gasteiger partial charge in [0.2, 0.25) is 0 Å². The minimum Gasteiger partial charge on any atom is -0.468 e. The molecule has 0 aromatic heterocycles. The highest BCUT2D eigenvalue weighted by atomic mass is 79.9. The first kappa shape index (κ1) is 14.2. The Kier molecular flexibility index (Phi) is 5.18. The van der Waals surface area contributed by atoms with Gasteiger partial charge in [0.25, 0.3) is 0 Å². The molecule has 0 aliphatic heterocycles. The summed E-state index contributed by atoms with van der Waals surface area (Å²) in [6, 6.07) is 6.91. The second kappa shape index (κ2) is 6.19. The average molecular weight is 322 g/mol. The SMILES string of the molecule is COC(=O)CNP(C)(=O)Oc1ccc(Br)cc1. The molecule has 0 saturated heterocycles. The Morgan fingerprint density at radius 1 is 1.41 bits per heavy atom. The van der Waals surface area contributed by atoms with E-state index >= 15 is 0 Å². The fraction of sp³-hybridized carbons (Fsp3) is 0.300. The third kappa shape index (κ3) is 5.35. The van der Waals surface area contributed by atoms with Gasteiger partial charge < -0.3 is 9.26 Å². The molecule has 0 heterocycles. The number of hydrogen-bond donors (Lipinski definition) is 1. The molecule has 1 unspecified atom stereocenters. The molecule has 7 heteroatoms. The summed E-state index contributed by atoms with van der Waals surface area (Å²) in [6.45, 7) is 1.25. The lowest BCUT2D eigenvalue weighted by Crippen LogP contribution is -2.23. The molecule has 0 spiro atoms. The first-order valence-corrected chi connectivity index (χ1v) is 7.64. The molecule has 94 valence electrons. The number of benzene rings is 1. The monoisotopic (exact) mass is 321 g/mol. The Labute approximate surface area is 108 Å². The number of halogens is 1. The maximum absolute atomic E-state index is 11.9. The molecule has 0 amide bonds. The van der Waals surface area contributed by atoms with Gasteiger partial charge in [-0.25, -0.2) is 5.09 Å². The maximum atomic E-state index is 11.9. The number of ether oxygens (including phenoxy) is 1. The second-order valence-corrected chi connectivity index (χ2v) is 6.41. The van der Waals surface area contributed by atoms with Crippen LogP contribution < -0.4 is 9.61 Å². The van der Waals surface area contributed by atoms with Crippen LogP contribution in [0.4, 0.5) is 0 Å². The van der Waals surface area contributed by atoms with Crippen molar-refractivity contribution in [2.45, 2.75) is 0 Å². The van der Waals surface area contributed by atoms with Crippen LogP contribution in [0.15, 0.2) is 28.7 Å². The lowest BCUT2D eigenvalue weighted by atomic mass is 10.3. The van der Waals surface area contributed by atoms with Gasteiger partial charge in [0.1, 0.15) is 12.3 Å². The molecular weight excluding hydrogens is 309 g/mol. The van der Waals surface area contributed by atoms with E-state index in [-0.39, 0.29) is 6.54 Å². The summed E-state index contributed by atoms with van der Waals surface area (Å²) < 4.78 is 22.5. The van der Waals surface area contributed by atoms with Crippen molar-refractivity contribution in [2.75, 3.05) is 20.3 Å². The minimum absolute atomic E-state index is 0.152. The predicted molar refractivity (Wildman–Crippen MR) is 68.3 cm³/mol. The highest BCUT2D eigenvalue weighted by Gasteiger charge is 2.18. The van der Waals surface area contributed by atoms with Crippen LogP contribution in [-0.2, 0) is 14.1 Å². The quantitative estimate of drug-likeness (QED) is 0.666.